The number of nitrogens with zero attached hydrogens (tertiary/aromatic N) is 6. The summed E-state index contributed by atoms with van der Waals surface area (Å²) >= 11 is 7.10. The molecule has 0 bridgehead atoms. The Morgan fingerprint density at radius 1 is 1.21 bits per heavy atom. The van der Waals surface area contributed by atoms with E-state index in [-0.39, 0.29) is 29.9 Å². The van der Waals surface area contributed by atoms with Gasteiger partial charge in [0.2, 0.25) is 0 Å². The SMILES string of the molecule is COC1CC(NC(=O)c2ncc(Cl)s2)CC(n2c(-c3ccccc3F)nc3cnc(-c4ncn[nH]4)cc32)C1. The van der Waals surface area contributed by atoms with Crippen LogP contribution in [0, 0.1) is 5.82 Å². The summed E-state index contributed by atoms with van der Waals surface area (Å²) < 4.78 is 23.3. The van der Waals surface area contributed by atoms with E-state index in [2.05, 4.69) is 30.5 Å². The number of H-pyrrole nitrogens is 1. The average molecular weight is 553 g/mol. The molecular weight excluding hydrogens is 531 g/mol. The topological polar surface area (TPSA) is 124 Å². The lowest BCUT2D eigenvalue weighted by Gasteiger charge is -2.36. The van der Waals surface area contributed by atoms with Crippen molar-refractivity contribution in [2.75, 3.05) is 7.11 Å². The fourth-order valence-electron chi connectivity index (χ4n) is 5.02. The first-order valence-electron chi connectivity index (χ1n) is 11.9. The van der Waals surface area contributed by atoms with Crippen molar-refractivity contribution < 1.29 is 13.9 Å². The standard InChI is InChI=1S/C25H22ClFN8O2S/c1-37-15-7-13(32-24(36)25-29-11-21(26)38-25)6-14(8-15)35-20-9-18(22-30-12-31-34-22)28-10-19(20)33-23(35)16-4-2-3-5-17(16)27/h2-5,9-15H,6-8H2,1H3,(H,32,36)(H,30,31,34). The third-order valence-corrected chi connectivity index (χ3v) is 7.81. The highest BCUT2D eigenvalue weighted by Gasteiger charge is 2.34. The molecule has 38 heavy (non-hydrogen) atoms. The monoisotopic (exact) mass is 552 g/mol. The van der Waals surface area contributed by atoms with Crippen molar-refractivity contribution in [3.8, 4) is 22.9 Å². The summed E-state index contributed by atoms with van der Waals surface area (Å²) in [5, 5.41) is 10.1. The average Bonchev–Trinajstić information content (AvgIpc) is 3.68. The van der Waals surface area contributed by atoms with E-state index in [1.165, 1.54) is 18.6 Å². The van der Waals surface area contributed by atoms with Gasteiger partial charge >= 0.3 is 0 Å². The summed E-state index contributed by atoms with van der Waals surface area (Å²) in [6.45, 7) is 0. The van der Waals surface area contributed by atoms with Crippen LogP contribution < -0.4 is 5.32 Å². The van der Waals surface area contributed by atoms with Crippen LogP contribution in [0.2, 0.25) is 4.34 Å². The summed E-state index contributed by atoms with van der Waals surface area (Å²) in [6.07, 6.45) is 6.25. The largest absolute Gasteiger partial charge is 0.381 e. The Hall–Kier alpha value is -3.74. The van der Waals surface area contributed by atoms with Gasteiger partial charge in [0.25, 0.3) is 5.91 Å². The molecule has 13 heteroatoms. The minimum absolute atomic E-state index is 0.138. The van der Waals surface area contributed by atoms with Crippen LogP contribution in [-0.4, -0.2) is 59.9 Å². The number of amides is 1. The van der Waals surface area contributed by atoms with Gasteiger partial charge in [-0.25, -0.2) is 19.3 Å². The fourth-order valence-corrected chi connectivity index (χ4v) is 5.84. The molecule has 1 amide bonds. The number of benzene rings is 1. The number of ether oxygens (including phenoxy) is 1. The van der Waals surface area contributed by atoms with E-state index >= 15 is 4.39 Å². The summed E-state index contributed by atoms with van der Waals surface area (Å²) in [7, 11) is 1.66. The van der Waals surface area contributed by atoms with Crippen molar-refractivity contribution in [3.05, 3.63) is 64.2 Å². The summed E-state index contributed by atoms with van der Waals surface area (Å²) in [4.78, 5) is 30.5. The van der Waals surface area contributed by atoms with Crippen LogP contribution in [0.4, 0.5) is 4.39 Å². The first-order valence-corrected chi connectivity index (χ1v) is 13.1. The maximum absolute atomic E-state index is 15.0. The third kappa shape index (κ3) is 4.66. The lowest BCUT2D eigenvalue weighted by atomic mass is 9.88. The van der Waals surface area contributed by atoms with E-state index in [1.807, 2.05) is 10.6 Å². The second kappa shape index (κ2) is 10.2. The van der Waals surface area contributed by atoms with Crippen LogP contribution >= 0.6 is 22.9 Å². The molecule has 0 saturated heterocycles. The van der Waals surface area contributed by atoms with Crippen molar-refractivity contribution in [1.82, 2.24) is 40.0 Å². The van der Waals surface area contributed by atoms with Crippen molar-refractivity contribution in [1.29, 1.82) is 0 Å². The summed E-state index contributed by atoms with van der Waals surface area (Å²) in [5.74, 6) is 0.326. The number of imidazole rings is 1. The number of hydrogen-bond acceptors (Lipinski definition) is 8. The van der Waals surface area contributed by atoms with Gasteiger partial charge in [0.05, 0.1) is 29.6 Å². The number of aromatic nitrogens is 7. The molecule has 1 saturated carbocycles. The lowest BCUT2D eigenvalue weighted by Crippen LogP contribution is -2.43. The van der Waals surface area contributed by atoms with Gasteiger partial charge in [-0.15, -0.1) is 0 Å². The van der Waals surface area contributed by atoms with E-state index < -0.39 is 0 Å². The van der Waals surface area contributed by atoms with Gasteiger partial charge < -0.3 is 14.6 Å². The minimum atomic E-state index is -0.378. The molecule has 10 nitrogen and oxygen atoms in total. The highest BCUT2D eigenvalue weighted by molar-refractivity contribution is 7.17. The minimum Gasteiger partial charge on any atom is -0.381 e. The number of nitrogens with one attached hydrogen (secondary N) is 2. The number of carbonyl (C=O) groups excluding carboxylic acids is 1. The van der Waals surface area contributed by atoms with Gasteiger partial charge in [-0.2, -0.15) is 5.10 Å². The van der Waals surface area contributed by atoms with Gasteiger partial charge in [0.15, 0.2) is 10.8 Å². The number of fused-ring (bicyclic) bond motifs is 1. The molecule has 194 valence electrons. The van der Waals surface area contributed by atoms with Crippen LogP contribution in [0.1, 0.15) is 35.1 Å². The number of thiazole rings is 1. The second-order valence-electron chi connectivity index (χ2n) is 9.04. The van der Waals surface area contributed by atoms with E-state index in [0.29, 0.717) is 57.0 Å². The highest BCUT2D eigenvalue weighted by Crippen LogP contribution is 2.38. The third-order valence-electron chi connectivity index (χ3n) is 6.69. The zero-order valence-electron chi connectivity index (χ0n) is 20.1. The second-order valence-corrected chi connectivity index (χ2v) is 10.7. The Balaban J connectivity index is 1.43. The summed E-state index contributed by atoms with van der Waals surface area (Å²) in [6, 6.07) is 8.04. The molecule has 5 aromatic rings. The molecule has 4 aromatic heterocycles. The first kappa shape index (κ1) is 24.6. The number of rotatable bonds is 6. The van der Waals surface area contributed by atoms with Gasteiger partial charge in [-0.1, -0.05) is 35.1 Å². The molecule has 2 N–H and O–H groups in total. The molecule has 0 aliphatic heterocycles. The van der Waals surface area contributed by atoms with Crippen LogP contribution in [0.25, 0.3) is 33.9 Å². The molecule has 1 fully saturated rings. The van der Waals surface area contributed by atoms with E-state index in [9.17, 15) is 4.79 Å². The predicted octanol–water partition coefficient (Wildman–Crippen LogP) is 4.67. The Morgan fingerprint density at radius 2 is 2.08 bits per heavy atom. The normalized spacial score (nSPS) is 19.6. The number of pyridine rings is 1. The molecule has 1 aliphatic carbocycles. The Labute approximate surface area is 225 Å². The smallest absolute Gasteiger partial charge is 0.280 e. The van der Waals surface area contributed by atoms with Gasteiger partial charge in [-0.3, -0.25) is 14.9 Å². The van der Waals surface area contributed by atoms with Crippen LogP contribution in [0.5, 0.6) is 0 Å². The van der Waals surface area contributed by atoms with Crippen LogP contribution in [-0.2, 0) is 4.74 Å². The molecule has 1 aromatic carbocycles. The van der Waals surface area contributed by atoms with Crippen molar-refractivity contribution in [2.45, 2.75) is 37.5 Å². The quantitative estimate of drug-likeness (QED) is 0.314. The van der Waals surface area contributed by atoms with Gasteiger partial charge in [0, 0.05) is 19.2 Å². The summed E-state index contributed by atoms with van der Waals surface area (Å²) in [5.41, 5.74) is 2.34. The van der Waals surface area contributed by atoms with E-state index in [4.69, 9.17) is 21.3 Å². The molecule has 1 aliphatic rings. The Morgan fingerprint density at radius 3 is 2.82 bits per heavy atom. The zero-order valence-corrected chi connectivity index (χ0v) is 21.7. The number of hydrogen-bond donors (Lipinski definition) is 2. The highest BCUT2D eigenvalue weighted by atomic mass is 35.5. The molecule has 4 heterocycles. The molecule has 0 radical (unpaired) electrons. The van der Waals surface area contributed by atoms with Crippen molar-refractivity contribution in [3.63, 3.8) is 0 Å². The van der Waals surface area contributed by atoms with Gasteiger partial charge in [-0.05, 0) is 37.5 Å². The Bertz CT molecular complexity index is 1600. The van der Waals surface area contributed by atoms with Crippen molar-refractivity contribution in [2.24, 2.45) is 0 Å². The van der Waals surface area contributed by atoms with Gasteiger partial charge in [0.1, 0.15) is 33.5 Å². The van der Waals surface area contributed by atoms with Crippen LogP contribution in [0.3, 0.4) is 0 Å². The molecule has 3 atom stereocenters. The van der Waals surface area contributed by atoms with Crippen LogP contribution in [0.15, 0.2) is 49.1 Å². The number of carbonyl (C=O) groups is 1. The fraction of sp³-hybridized carbons (Fsp3) is 0.280. The van der Waals surface area contributed by atoms with E-state index in [0.717, 1.165) is 16.9 Å². The Kier molecular flexibility index (Phi) is 6.60. The maximum atomic E-state index is 15.0. The zero-order chi connectivity index (χ0) is 26.2. The van der Waals surface area contributed by atoms with E-state index in [1.54, 1.807) is 31.5 Å². The van der Waals surface area contributed by atoms with Crippen molar-refractivity contribution >= 4 is 39.9 Å². The number of halogens is 2. The lowest BCUT2D eigenvalue weighted by molar-refractivity contribution is 0.0398. The number of methoxy groups -OCH3 is 1. The maximum Gasteiger partial charge on any atom is 0.280 e. The molecular formula is C25H22ClFN8O2S. The molecule has 3 unspecified atom stereocenters. The first-order chi connectivity index (χ1) is 18.5. The number of aromatic amines is 1. The molecule has 0 spiro atoms. The predicted molar refractivity (Wildman–Crippen MR) is 140 cm³/mol. The molecule has 6 rings (SSSR count).